The summed E-state index contributed by atoms with van der Waals surface area (Å²) in [6.45, 7) is 5.42. The molecular weight excluding hydrogens is 196 g/mol. The van der Waals surface area contributed by atoms with Crippen molar-refractivity contribution >= 4 is 11.9 Å². The first-order valence-electron chi connectivity index (χ1n) is 4.71. The SMILES string of the molecule is C=CC=CC.O=C(O)CCCCC(=O)O. The fourth-order valence-electron chi connectivity index (χ4n) is 0.689. The number of carboxylic acid groups (broad SMARTS) is 2. The van der Waals surface area contributed by atoms with E-state index in [9.17, 15) is 9.59 Å². The first-order valence-corrected chi connectivity index (χ1v) is 4.71. The Labute approximate surface area is 89.9 Å². The quantitative estimate of drug-likeness (QED) is 0.526. The lowest BCUT2D eigenvalue weighted by Crippen LogP contribution is -1.97. The van der Waals surface area contributed by atoms with Crippen molar-refractivity contribution in [3.05, 3.63) is 24.8 Å². The number of carboxylic acids is 2. The van der Waals surface area contributed by atoms with Crippen LogP contribution in [0.3, 0.4) is 0 Å². The molecule has 0 aromatic carbocycles. The number of allylic oxidation sites excluding steroid dienone is 3. The molecule has 15 heavy (non-hydrogen) atoms. The van der Waals surface area contributed by atoms with Gasteiger partial charge in [0.2, 0.25) is 0 Å². The molecule has 0 spiro atoms. The van der Waals surface area contributed by atoms with Crippen molar-refractivity contribution in [1.29, 1.82) is 0 Å². The molecule has 0 fully saturated rings. The van der Waals surface area contributed by atoms with E-state index in [4.69, 9.17) is 10.2 Å². The minimum Gasteiger partial charge on any atom is -0.481 e. The Kier molecular flexibility index (Phi) is 13.1. The first kappa shape index (κ1) is 15.9. The van der Waals surface area contributed by atoms with Gasteiger partial charge in [0, 0.05) is 12.8 Å². The molecule has 0 radical (unpaired) electrons. The Morgan fingerprint density at radius 1 is 1.13 bits per heavy atom. The molecule has 0 saturated carbocycles. The zero-order chi connectivity index (χ0) is 12.1. The van der Waals surface area contributed by atoms with E-state index in [1.165, 1.54) is 0 Å². The molecule has 2 N–H and O–H groups in total. The summed E-state index contributed by atoms with van der Waals surface area (Å²) in [5.74, 6) is -1.74. The van der Waals surface area contributed by atoms with Crippen LogP contribution < -0.4 is 0 Å². The van der Waals surface area contributed by atoms with Crippen LogP contribution in [0.25, 0.3) is 0 Å². The molecule has 0 aliphatic heterocycles. The second kappa shape index (κ2) is 12.4. The third-order valence-electron chi connectivity index (χ3n) is 1.36. The number of unbranched alkanes of at least 4 members (excludes halogenated alkanes) is 1. The lowest BCUT2D eigenvalue weighted by atomic mass is 10.2. The molecule has 0 atom stereocenters. The van der Waals surface area contributed by atoms with Gasteiger partial charge in [-0.05, 0) is 19.8 Å². The molecule has 86 valence electrons. The molecule has 0 aliphatic rings. The largest absolute Gasteiger partial charge is 0.481 e. The van der Waals surface area contributed by atoms with Crippen molar-refractivity contribution in [2.75, 3.05) is 0 Å². The van der Waals surface area contributed by atoms with E-state index in [2.05, 4.69) is 6.58 Å². The monoisotopic (exact) mass is 214 g/mol. The Balaban J connectivity index is 0. The molecule has 0 amide bonds. The van der Waals surface area contributed by atoms with E-state index in [0.29, 0.717) is 12.8 Å². The summed E-state index contributed by atoms with van der Waals surface area (Å²) in [6, 6.07) is 0. The van der Waals surface area contributed by atoms with Gasteiger partial charge in [-0.15, -0.1) is 0 Å². The standard InChI is InChI=1S/C6H10O4.C5H8/c7-5(8)3-1-2-4-6(9)10;1-3-5-4-2/h1-4H2,(H,7,8)(H,9,10);3-5H,1H2,2H3. The molecule has 0 unspecified atom stereocenters. The van der Waals surface area contributed by atoms with E-state index < -0.39 is 11.9 Å². The lowest BCUT2D eigenvalue weighted by Gasteiger charge is -1.92. The van der Waals surface area contributed by atoms with Gasteiger partial charge in [0.1, 0.15) is 0 Å². The molecular formula is C11H18O4. The van der Waals surface area contributed by atoms with Crippen molar-refractivity contribution in [3.63, 3.8) is 0 Å². The van der Waals surface area contributed by atoms with Crippen molar-refractivity contribution in [2.45, 2.75) is 32.6 Å². The fourth-order valence-corrected chi connectivity index (χ4v) is 0.689. The van der Waals surface area contributed by atoms with E-state index in [0.717, 1.165) is 0 Å². The van der Waals surface area contributed by atoms with Crippen LogP contribution in [0, 0.1) is 0 Å². The summed E-state index contributed by atoms with van der Waals surface area (Å²) in [6.07, 6.45) is 6.59. The molecule has 0 heterocycles. The molecule has 0 aromatic rings. The van der Waals surface area contributed by atoms with E-state index in [-0.39, 0.29) is 12.8 Å². The topological polar surface area (TPSA) is 74.6 Å². The number of carbonyl (C=O) groups is 2. The van der Waals surface area contributed by atoms with E-state index >= 15 is 0 Å². The minimum absolute atomic E-state index is 0.0628. The molecule has 4 heteroatoms. The number of hydrogen-bond acceptors (Lipinski definition) is 2. The fraction of sp³-hybridized carbons (Fsp3) is 0.455. The maximum Gasteiger partial charge on any atom is 0.303 e. The third kappa shape index (κ3) is 24.5. The number of rotatable bonds is 6. The average Bonchev–Trinajstić information content (AvgIpc) is 2.14. The van der Waals surface area contributed by atoms with Crippen molar-refractivity contribution in [2.24, 2.45) is 0 Å². The van der Waals surface area contributed by atoms with Crippen molar-refractivity contribution in [1.82, 2.24) is 0 Å². The summed E-state index contributed by atoms with van der Waals surface area (Å²) in [7, 11) is 0. The van der Waals surface area contributed by atoms with E-state index in [1.54, 1.807) is 6.08 Å². The van der Waals surface area contributed by atoms with E-state index in [1.807, 2.05) is 19.1 Å². The summed E-state index contributed by atoms with van der Waals surface area (Å²) in [5, 5.41) is 16.3. The molecule has 0 aromatic heterocycles. The van der Waals surface area contributed by atoms with Gasteiger partial charge in [0.05, 0.1) is 0 Å². The maximum absolute atomic E-state index is 9.90. The van der Waals surface area contributed by atoms with Crippen LogP contribution in [0.1, 0.15) is 32.6 Å². The number of hydrogen-bond donors (Lipinski definition) is 2. The second-order valence-electron chi connectivity index (χ2n) is 2.76. The maximum atomic E-state index is 9.90. The Morgan fingerprint density at radius 2 is 1.53 bits per heavy atom. The summed E-state index contributed by atoms with van der Waals surface area (Å²) in [4.78, 5) is 19.8. The van der Waals surface area contributed by atoms with Crippen LogP contribution in [-0.4, -0.2) is 22.2 Å². The normalized spacial score (nSPS) is 9.13. The Hall–Kier alpha value is -1.58. The molecule has 0 bridgehead atoms. The van der Waals surface area contributed by atoms with Crippen LogP contribution in [0.4, 0.5) is 0 Å². The van der Waals surface area contributed by atoms with Gasteiger partial charge in [-0.3, -0.25) is 9.59 Å². The van der Waals surface area contributed by atoms with Gasteiger partial charge in [-0.2, -0.15) is 0 Å². The zero-order valence-electron chi connectivity index (χ0n) is 8.98. The minimum atomic E-state index is -0.870. The van der Waals surface area contributed by atoms with Gasteiger partial charge in [0.15, 0.2) is 0 Å². The van der Waals surface area contributed by atoms with Crippen LogP contribution >= 0.6 is 0 Å². The van der Waals surface area contributed by atoms with Gasteiger partial charge in [-0.1, -0.05) is 24.8 Å². The smallest absolute Gasteiger partial charge is 0.303 e. The van der Waals surface area contributed by atoms with Gasteiger partial charge in [-0.25, -0.2) is 0 Å². The van der Waals surface area contributed by atoms with Gasteiger partial charge >= 0.3 is 11.9 Å². The predicted molar refractivity (Wildman–Crippen MR) is 58.8 cm³/mol. The highest BCUT2D eigenvalue weighted by atomic mass is 16.4. The van der Waals surface area contributed by atoms with Crippen LogP contribution in [0.5, 0.6) is 0 Å². The van der Waals surface area contributed by atoms with Crippen LogP contribution in [-0.2, 0) is 9.59 Å². The van der Waals surface area contributed by atoms with Gasteiger partial charge in [0.25, 0.3) is 0 Å². The Morgan fingerprint density at radius 3 is 1.67 bits per heavy atom. The van der Waals surface area contributed by atoms with Crippen molar-refractivity contribution in [3.8, 4) is 0 Å². The highest BCUT2D eigenvalue weighted by Crippen LogP contribution is 1.98. The summed E-state index contributed by atoms with van der Waals surface area (Å²) in [5.41, 5.74) is 0. The summed E-state index contributed by atoms with van der Waals surface area (Å²) >= 11 is 0. The predicted octanol–water partition coefficient (Wildman–Crippen LogP) is 2.46. The first-order chi connectivity index (χ1) is 7.04. The van der Waals surface area contributed by atoms with Crippen LogP contribution in [0.15, 0.2) is 24.8 Å². The highest BCUT2D eigenvalue weighted by Gasteiger charge is 1.99. The van der Waals surface area contributed by atoms with Crippen LogP contribution in [0.2, 0.25) is 0 Å². The summed E-state index contributed by atoms with van der Waals surface area (Å²) < 4.78 is 0. The average molecular weight is 214 g/mol. The third-order valence-corrected chi connectivity index (χ3v) is 1.36. The second-order valence-corrected chi connectivity index (χ2v) is 2.76. The highest BCUT2D eigenvalue weighted by molar-refractivity contribution is 5.67. The molecule has 0 saturated heterocycles. The van der Waals surface area contributed by atoms with Crippen molar-refractivity contribution < 1.29 is 19.8 Å². The zero-order valence-corrected chi connectivity index (χ0v) is 8.98. The molecule has 4 nitrogen and oxygen atoms in total. The Bertz CT molecular complexity index is 203. The van der Waals surface area contributed by atoms with Gasteiger partial charge < -0.3 is 10.2 Å². The molecule has 0 aliphatic carbocycles. The molecule has 0 rings (SSSR count). The lowest BCUT2D eigenvalue weighted by molar-refractivity contribution is -0.139. The number of aliphatic carboxylic acids is 2.